The fourth-order valence-corrected chi connectivity index (χ4v) is 5.54. The van der Waals surface area contributed by atoms with Crippen LogP contribution >= 0.6 is 7.60 Å². The van der Waals surface area contributed by atoms with E-state index < -0.39 is 13.4 Å². The van der Waals surface area contributed by atoms with Crippen LogP contribution in [0, 0.1) is 0 Å². The highest BCUT2D eigenvalue weighted by Crippen LogP contribution is 2.60. The summed E-state index contributed by atoms with van der Waals surface area (Å²) in [6.45, 7) is 21.4. The van der Waals surface area contributed by atoms with Crippen LogP contribution in [0.5, 0.6) is 5.75 Å². The second-order valence-corrected chi connectivity index (χ2v) is 13.3. The topological polar surface area (TPSA) is 67.8 Å². The summed E-state index contributed by atoms with van der Waals surface area (Å²) in [6.07, 6.45) is 0. The van der Waals surface area contributed by atoms with Crippen LogP contribution in [0.3, 0.4) is 0 Å². The van der Waals surface area contributed by atoms with E-state index in [4.69, 9.17) is 9.05 Å². The summed E-state index contributed by atoms with van der Waals surface area (Å²) in [4.78, 5) is 0. The third-order valence-corrected chi connectivity index (χ3v) is 8.26. The van der Waals surface area contributed by atoms with E-state index in [9.17, 15) is 9.67 Å². The quantitative estimate of drug-likeness (QED) is 0.309. The summed E-state index contributed by atoms with van der Waals surface area (Å²) in [5.74, 6) is -0.319. The predicted molar refractivity (Wildman–Crippen MR) is 135 cm³/mol. The number of quaternary nitrogens is 1. The van der Waals surface area contributed by atoms with Crippen molar-refractivity contribution >= 4 is 7.60 Å². The summed E-state index contributed by atoms with van der Waals surface area (Å²) >= 11 is 0. The zero-order valence-corrected chi connectivity index (χ0v) is 23.2. The summed E-state index contributed by atoms with van der Waals surface area (Å²) in [5, 5.41) is 14.6. The molecule has 0 aliphatic heterocycles. The van der Waals surface area contributed by atoms with Gasteiger partial charge in [0, 0.05) is 6.54 Å². The van der Waals surface area contributed by atoms with Gasteiger partial charge in [-0.25, -0.2) is 0 Å². The van der Waals surface area contributed by atoms with Gasteiger partial charge in [0.15, 0.2) is 0 Å². The molecule has 0 bridgehead atoms. The van der Waals surface area contributed by atoms with Gasteiger partial charge in [0.1, 0.15) is 11.5 Å². The number of hydrogen-bond acceptors (Lipinski definition) is 5. The lowest BCUT2D eigenvalue weighted by Gasteiger charge is -2.33. The maximum atomic E-state index is 14.0. The Hall–Kier alpha value is -0.910. The molecule has 0 fully saturated rings. The number of benzene rings is 1. The average molecular weight is 472 g/mol. The first-order valence-corrected chi connectivity index (χ1v) is 13.5. The lowest BCUT2D eigenvalue weighted by molar-refractivity contribution is -0.887. The van der Waals surface area contributed by atoms with E-state index in [0.717, 1.165) is 34.3 Å². The van der Waals surface area contributed by atoms with Crippen molar-refractivity contribution in [1.82, 2.24) is 5.32 Å². The van der Waals surface area contributed by atoms with Crippen LogP contribution in [0.2, 0.25) is 0 Å². The van der Waals surface area contributed by atoms with E-state index >= 15 is 0 Å². The third-order valence-electron chi connectivity index (χ3n) is 5.91. The summed E-state index contributed by atoms with van der Waals surface area (Å²) in [6, 6.07) is 3.93. The number of likely N-dealkylation sites (N-methyl/N-ethyl adjacent to an activating group) is 1. The van der Waals surface area contributed by atoms with E-state index in [1.54, 1.807) is 0 Å². The Kier molecular flexibility index (Phi) is 10.0. The average Bonchev–Trinajstić information content (AvgIpc) is 2.64. The minimum Gasteiger partial charge on any atom is -0.507 e. The van der Waals surface area contributed by atoms with Crippen molar-refractivity contribution < 1.29 is 23.2 Å². The Bertz CT molecular complexity index is 749. The molecule has 0 aliphatic rings. The second-order valence-electron chi connectivity index (χ2n) is 11.2. The zero-order valence-electron chi connectivity index (χ0n) is 22.3. The minimum absolute atomic E-state index is 0.285. The first-order chi connectivity index (χ1) is 14.5. The van der Waals surface area contributed by atoms with Gasteiger partial charge in [0.05, 0.1) is 40.4 Å². The standard InChI is InChI=1S/C25H47N2O4P/c1-12-27(10,11)16-15-26-23(32(29,30-13-2)31-14-3)19-17-20(24(4,5)6)22(28)21(18-19)25(7,8)9/h17-18,23,26H,12-16H2,1-11H3/p+1. The molecule has 6 nitrogen and oxygen atoms in total. The van der Waals surface area contributed by atoms with E-state index in [-0.39, 0.29) is 10.8 Å². The molecular weight excluding hydrogens is 423 g/mol. The Morgan fingerprint density at radius 2 is 1.41 bits per heavy atom. The molecule has 1 rings (SSSR count). The highest BCUT2D eigenvalue weighted by molar-refractivity contribution is 7.54. The van der Waals surface area contributed by atoms with Crippen LogP contribution in [0.1, 0.15) is 84.8 Å². The Morgan fingerprint density at radius 3 is 1.75 bits per heavy atom. The molecule has 2 N–H and O–H groups in total. The largest absolute Gasteiger partial charge is 0.507 e. The predicted octanol–water partition coefficient (Wildman–Crippen LogP) is 5.94. The molecule has 0 saturated carbocycles. The molecule has 0 amide bonds. The minimum atomic E-state index is -3.50. The molecule has 1 atom stereocenters. The van der Waals surface area contributed by atoms with Gasteiger partial charge in [0.25, 0.3) is 0 Å². The van der Waals surface area contributed by atoms with Gasteiger partial charge in [-0.05, 0) is 60.4 Å². The summed E-state index contributed by atoms with van der Waals surface area (Å²) in [5.41, 5.74) is 1.91. The smallest absolute Gasteiger partial charge is 0.351 e. The van der Waals surface area contributed by atoms with Gasteiger partial charge in [-0.1, -0.05) is 41.5 Å². The van der Waals surface area contributed by atoms with Gasteiger partial charge in [-0.3, -0.25) is 9.88 Å². The molecular formula is C25H48N2O4P+. The molecule has 0 aliphatic carbocycles. The van der Waals surface area contributed by atoms with Crippen LogP contribution in [0.25, 0.3) is 0 Å². The van der Waals surface area contributed by atoms with Crippen molar-refractivity contribution in [3.05, 3.63) is 28.8 Å². The van der Waals surface area contributed by atoms with Crippen LogP contribution in [-0.4, -0.2) is 56.5 Å². The van der Waals surface area contributed by atoms with Crippen molar-refractivity contribution in [3.8, 4) is 5.75 Å². The van der Waals surface area contributed by atoms with Crippen molar-refractivity contribution in [2.24, 2.45) is 0 Å². The summed E-state index contributed by atoms with van der Waals surface area (Å²) < 4.78 is 26.4. The first-order valence-electron chi connectivity index (χ1n) is 11.8. The van der Waals surface area contributed by atoms with Gasteiger partial charge in [-0.15, -0.1) is 0 Å². The van der Waals surface area contributed by atoms with E-state index in [0.29, 0.717) is 25.5 Å². The molecule has 0 radical (unpaired) electrons. The van der Waals surface area contributed by atoms with Crippen molar-refractivity contribution in [3.63, 3.8) is 0 Å². The Balaban J connectivity index is 3.68. The molecule has 1 unspecified atom stereocenters. The highest BCUT2D eigenvalue weighted by Gasteiger charge is 2.39. The van der Waals surface area contributed by atoms with Crippen LogP contribution in [0.4, 0.5) is 0 Å². The fraction of sp³-hybridized carbons (Fsp3) is 0.760. The van der Waals surface area contributed by atoms with Crippen molar-refractivity contribution in [1.29, 1.82) is 0 Å². The summed E-state index contributed by atoms with van der Waals surface area (Å²) in [7, 11) is 0.855. The number of nitrogens with zero attached hydrogens (tertiary/aromatic N) is 1. The van der Waals surface area contributed by atoms with Crippen molar-refractivity contribution in [2.75, 3.05) is 46.9 Å². The normalized spacial score (nSPS) is 14.6. The zero-order chi connectivity index (χ0) is 25.0. The van der Waals surface area contributed by atoms with E-state index in [2.05, 4.69) is 67.9 Å². The van der Waals surface area contributed by atoms with Crippen molar-refractivity contribution in [2.45, 2.75) is 78.9 Å². The Labute approximate surface area is 196 Å². The molecule has 186 valence electrons. The maximum absolute atomic E-state index is 14.0. The fourth-order valence-electron chi connectivity index (χ4n) is 3.58. The van der Waals surface area contributed by atoms with Gasteiger partial charge >= 0.3 is 7.60 Å². The molecule has 32 heavy (non-hydrogen) atoms. The lowest BCUT2D eigenvalue weighted by atomic mass is 9.78. The molecule has 1 aromatic carbocycles. The number of phenolic OH excluding ortho intramolecular Hbond substituents is 1. The molecule has 0 heterocycles. The number of rotatable bonds is 11. The number of nitrogens with one attached hydrogen (secondary N) is 1. The maximum Gasteiger partial charge on any atom is 0.351 e. The van der Waals surface area contributed by atoms with Gasteiger partial charge < -0.3 is 18.6 Å². The Morgan fingerprint density at radius 1 is 0.969 bits per heavy atom. The molecule has 0 saturated heterocycles. The van der Waals surface area contributed by atoms with Crippen LogP contribution < -0.4 is 5.32 Å². The van der Waals surface area contributed by atoms with Crippen LogP contribution in [-0.2, 0) is 24.4 Å². The number of phenols is 1. The van der Waals surface area contributed by atoms with E-state index in [1.165, 1.54) is 0 Å². The monoisotopic (exact) mass is 471 g/mol. The van der Waals surface area contributed by atoms with Gasteiger partial charge in [-0.2, -0.15) is 0 Å². The molecule has 7 heteroatoms. The first kappa shape index (κ1) is 29.1. The second kappa shape index (κ2) is 11.0. The van der Waals surface area contributed by atoms with Crippen LogP contribution in [0.15, 0.2) is 12.1 Å². The number of aromatic hydroxyl groups is 1. The SMILES string of the molecule is CCOP(=O)(OCC)C(NCC[N+](C)(C)CC)c1cc(C(C)(C)C)c(O)c(C(C)(C)C)c1. The molecule has 0 spiro atoms. The number of hydrogen-bond donors (Lipinski definition) is 2. The third kappa shape index (κ3) is 7.56. The highest BCUT2D eigenvalue weighted by atomic mass is 31.2. The van der Waals surface area contributed by atoms with Gasteiger partial charge in [0.2, 0.25) is 0 Å². The lowest BCUT2D eigenvalue weighted by Crippen LogP contribution is -2.44. The van der Waals surface area contributed by atoms with E-state index in [1.807, 2.05) is 26.0 Å². The molecule has 1 aromatic rings. The molecule has 0 aromatic heterocycles.